The minimum atomic E-state index is -4.45. The van der Waals surface area contributed by atoms with Gasteiger partial charge in [-0.1, -0.05) is 11.6 Å². The van der Waals surface area contributed by atoms with Crippen LogP contribution in [-0.4, -0.2) is 9.97 Å². The van der Waals surface area contributed by atoms with E-state index in [9.17, 15) is 13.2 Å². The average Bonchev–Trinajstić information content (AvgIpc) is 2.38. The molecule has 106 valence electrons. The number of rotatable bonds is 3. The Morgan fingerprint density at radius 1 is 1.30 bits per heavy atom. The van der Waals surface area contributed by atoms with Crippen LogP contribution < -0.4 is 5.32 Å². The van der Waals surface area contributed by atoms with E-state index in [1.807, 2.05) is 13.0 Å². The van der Waals surface area contributed by atoms with Crippen molar-refractivity contribution < 1.29 is 13.2 Å². The van der Waals surface area contributed by atoms with E-state index >= 15 is 0 Å². The number of halogens is 4. The highest BCUT2D eigenvalue weighted by molar-refractivity contribution is 6.32. The molecular formula is C13H11ClF3N3. The quantitative estimate of drug-likeness (QED) is 0.928. The summed E-state index contributed by atoms with van der Waals surface area (Å²) in [6, 6.07) is 2.70. The third kappa shape index (κ3) is 3.39. The van der Waals surface area contributed by atoms with Crippen molar-refractivity contribution in [2.75, 3.05) is 5.32 Å². The Kier molecular flexibility index (Phi) is 4.13. The molecule has 0 aliphatic heterocycles. The molecule has 0 unspecified atom stereocenters. The second-order valence-electron chi connectivity index (χ2n) is 4.21. The van der Waals surface area contributed by atoms with Crippen molar-refractivity contribution >= 4 is 17.4 Å². The maximum Gasteiger partial charge on any atom is 0.417 e. The molecule has 0 saturated heterocycles. The molecule has 0 bridgehead atoms. The number of anilines is 1. The van der Waals surface area contributed by atoms with Gasteiger partial charge in [0.2, 0.25) is 0 Å². The fraction of sp³-hybridized carbons (Fsp3) is 0.231. The number of nitrogens with one attached hydrogen (secondary N) is 1. The smallest absolute Gasteiger partial charge is 0.365 e. The Hall–Kier alpha value is -1.82. The zero-order valence-corrected chi connectivity index (χ0v) is 11.3. The second-order valence-corrected chi connectivity index (χ2v) is 4.62. The monoisotopic (exact) mass is 301 g/mol. The lowest BCUT2D eigenvalue weighted by Crippen LogP contribution is -2.08. The summed E-state index contributed by atoms with van der Waals surface area (Å²) in [4.78, 5) is 7.69. The lowest BCUT2D eigenvalue weighted by molar-refractivity contribution is -0.137. The normalized spacial score (nSPS) is 11.4. The Balaban J connectivity index is 2.13. The highest BCUT2D eigenvalue weighted by Gasteiger charge is 2.31. The fourth-order valence-corrected chi connectivity index (χ4v) is 1.82. The molecular weight excluding hydrogens is 291 g/mol. The Labute approximate surface area is 118 Å². The van der Waals surface area contributed by atoms with Crippen LogP contribution in [0, 0.1) is 6.92 Å². The summed E-state index contributed by atoms with van der Waals surface area (Å²) in [5, 5.41) is 2.83. The number of aryl methyl sites for hydroxylation is 1. The molecule has 0 aliphatic carbocycles. The average molecular weight is 302 g/mol. The molecule has 0 amide bonds. The SMILES string of the molecule is Cc1ccncc1CNc1ncc(C(F)(F)F)cc1Cl. The first-order chi connectivity index (χ1) is 9.38. The van der Waals surface area contributed by atoms with Gasteiger partial charge in [-0.3, -0.25) is 4.98 Å². The van der Waals surface area contributed by atoms with Gasteiger partial charge in [0.05, 0.1) is 10.6 Å². The van der Waals surface area contributed by atoms with Crippen molar-refractivity contribution in [1.29, 1.82) is 0 Å². The van der Waals surface area contributed by atoms with Gasteiger partial charge >= 0.3 is 6.18 Å². The number of hydrogen-bond acceptors (Lipinski definition) is 3. The molecule has 0 aromatic carbocycles. The minimum absolute atomic E-state index is 0.0682. The molecule has 0 saturated carbocycles. The van der Waals surface area contributed by atoms with Gasteiger partial charge in [-0.2, -0.15) is 13.2 Å². The molecule has 7 heteroatoms. The molecule has 0 fully saturated rings. The minimum Gasteiger partial charge on any atom is -0.365 e. The van der Waals surface area contributed by atoms with Crippen LogP contribution in [0.15, 0.2) is 30.7 Å². The van der Waals surface area contributed by atoms with Crippen molar-refractivity contribution in [2.24, 2.45) is 0 Å². The van der Waals surface area contributed by atoms with Crippen LogP contribution in [0.3, 0.4) is 0 Å². The third-order valence-corrected chi connectivity index (χ3v) is 3.05. The molecule has 2 heterocycles. The van der Waals surface area contributed by atoms with Gasteiger partial charge in [0.15, 0.2) is 0 Å². The second kappa shape index (κ2) is 5.66. The van der Waals surface area contributed by atoms with E-state index in [0.29, 0.717) is 6.54 Å². The van der Waals surface area contributed by atoms with Gasteiger partial charge in [-0.15, -0.1) is 0 Å². The van der Waals surface area contributed by atoms with Crippen molar-refractivity contribution in [1.82, 2.24) is 9.97 Å². The van der Waals surface area contributed by atoms with Gasteiger partial charge < -0.3 is 5.32 Å². The molecule has 0 radical (unpaired) electrons. The van der Waals surface area contributed by atoms with Crippen LogP contribution in [0.2, 0.25) is 5.02 Å². The van der Waals surface area contributed by atoms with Crippen LogP contribution in [0.1, 0.15) is 16.7 Å². The van der Waals surface area contributed by atoms with E-state index < -0.39 is 11.7 Å². The van der Waals surface area contributed by atoms with Gasteiger partial charge in [0, 0.05) is 25.1 Å². The van der Waals surface area contributed by atoms with E-state index in [0.717, 1.165) is 23.4 Å². The van der Waals surface area contributed by atoms with Crippen LogP contribution in [0.25, 0.3) is 0 Å². The third-order valence-electron chi connectivity index (χ3n) is 2.76. The van der Waals surface area contributed by atoms with Crippen LogP contribution >= 0.6 is 11.6 Å². The summed E-state index contributed by atoms with van der Waals surface area (Å²) >= 11 is 5.80. The zero-order valence-electron chi connectivity index (χ0n) is 10.5. The first-order valence-electron chi connectivity index (χ1n) is 5.74. The van der Waals surface area contributed by atoms with E-state index in [-0.39, 0.29) is 10.8 Å². The van der Waals surface area contributed by atoms with Crippen molar-refractivity contribution in [3.8, 4) is 0 Å². The van der Waals surface area contributed by atoms with Crippen LogP contribution in [-0.2, 0) is 12.7 Å². The maximum atomic E-state index is 12.5. The van der Waals surface area contributed by atoms with Crippen molar-refractivity contribution in [3.63, 3.8) is 0 Å². The van der Waals surface area contributed by atoms with Gasteiger partial charge in [0.25, 0.3) is 0 Å². The molecule has 3 nitrogen and oxygen atoms in total. The summed E-state index contributed by atoms with van der Waals surface area (Å²) in [5.41, 5.74) is 1.08. The lowest BCUT2D eigenvalue weighted by atomic mass is 10.1. The van der Waals surface area contributed by atoms with Crippen molar-refractivity contribution in [3.05, 3.63) is 52.4 Å². The maximum absolute atomic E-state index is 12.5. The van der Waals surface area contributed by atoms with Crippen LogP contribution in [0.4, 0.5) is 19.0 Å². The van der Waals surface area contributed by atoms with E-state index in [1.54, 1.807) is 12.4 Å². The zero-order chi connectivity index (χ0) is 14.8. The molecule has 1 N–H and O–H groups in total. The summed E-state index contributed by atoms with van der Waals surface area (Å²) in [6.07, 6.45) is -0.345. The standard InChI is InChI=1S/C13H11ClF3N3/c1-8-2-3-18-5-9(8)6-19-12-11(14)4-10(7-20-12)13(15,16)17/h2-5,7H,6H2,1H3,(H,19,20). The summed E-state index contributed by atoms with van der Waals surface area (Å²) in [5.74, 6) is 0.211. The van der Waals surface area contributed by atoms with E-state index in [4.69, 9.17) is 11.6 Å². The van der Waals surface area contributed by atoms with Gasteiger partial charge in [0.1, 0.15) is 5.82 Å². The summed E-state index contributed by atoms with van der Waals surface area (Å²) in [6.45, 7) is 2.30. The van der Waals surface area contributed by atoms with Crippen LogP contribution in [0.5, 0.6) is 0 Å². The number of hydrogen-bond donors (Lipinski definition) is 1. The molecule has 0 spiro atoms. The van der Waals surface area contributed by atoms with Gasteiger partial charge in [-0.25, -0.2) is 4.98 Å². The highest BCUT2D eigenvalue weighted by Crippen LogP contribution is 2.32. The molecule has 2 aromatic rings. The number of nitrogens with zero attached hydrogens (tertiary/aromatic N) is 2. The number of alkyl halides is 3. The Bertz CT molecular complexity index is 614. The Morgan fingerprint density at radius 3 is 2.65 bits per heavy atom. The first kappa shape index (κ1) is 14.6. The van der Waals surface area contributed by atoms with E-state index in [2.05, 4.69) is 15.3 Å². The predicted octanol–water partition coefficient (Wildman–Crippen LogP) is 4.07. The fourth-order valence-electron chi connectivity index (χ4n) is 1.58. The van der Waals surface area contributed by atoms with E-state index in [1.165, 1.54) is 0 Å². The molecule has 20 heavy (non-hydrogen) atoms. The van der Waals surface area contributed by atoms with Crippen molar-refractivity contribution in [2.45, 2.75) is 19.6 Å². The Morgan fingerprint density at radius 2 is 2.05 bits per heavy atom. The molecule has 2 aromatic heterocycles. The first-order valence-corrected chi connectivity index (χ1v) is 6.12. The predicted molar refractivity (Wildman–Crippen MR) is 70.5 cm³/mol. The molecule has 0 atom stereocenters. The molecule has 2 rings (SSSR count). The number of pyridine rings is 2. The van der Waals surface area contributed by atoms with Gasteiger partial charge in [-0.05, 0) is 30.2 Å². The largest absolute Gasteiger partial charge is 0.417 e. The summed E-state index contributed by atoms with van der Waals surface area (Å²) < 4.78 is 37.4. The lowest BCUT2D eigenvalue weighted by Gasteiger charge is -2.11. The molecule has 0 aliphatic rings. The highest BCUT2D eigenvalue weighted by atomic mass is 35.5. The number of aromatic nitrogens is 2. The summed E-state index contributed by atoms with van der Waals surface area (Å²) in [7, 11) is 0. The topological polar surface area (TPSA) is 37.8 Å².